The van der Waals surface area contributed by atoms with Crippen molar-refractivity contribution >= 4 is 5.91 Å². The van der Waals surface area contributed by atoms with Gasteiger partial charge in [-0.1, -0.05) is 6.07 Å². The summed E-state index contributed by atoms with van der Waals surface area (Å²) < 4.78 is 17.0. The summed E-state index contributed by atoms with van der Waals surface area (Å²) in [6.45, 7) is 1.80. The summed E-state index contributed by atoms with van der Waals surface area (Å²) in [7, 11) is 0. The molecule has 3 atom stereocenters. The molecule has 0 unspecified atom stereocenters. The highest BCUT2D eigenvalue weighted by Crippen LogP contribution is 2.32. The van der Waals surface area contributed by atoms with Gasteiger partial charge in [0.2, 0.25) is 0 Å². The van der Waals surface area contributed by atoms with E-state index in [0.29, 0.717) is 18.8 Å². The third-order valence-electron chi connectivity index (χ3n) is 4.94. The van der Waals surface area contributed by atoms with Crippen LogP contribution in [-0.4, -0.2) is 47.2 Å². The molecular weight excluding hydrogens is 320 g/mol. The van der Waals surface area contributed by atoms with Gasteiger partial charge in [-0.3, -0.25) is 9.78 Å². The van der Waals surface area contributed by atoms with Crippen LogP contribution in [0.2, 0.25) is 0 Å². The van der Waals surface area contributed by atoms with Gasteiger partial charge in [-0.25, -0.2) is 0 Å². The normalized spacial score (nSPS) is 25.8. The van der Waals surface area contributed by atoms with Gasteiger partial charge in [0.05, 0.1) is 49.0 Å². The van der Waals surface area contributed by atoms with Crippen LogP contribution in [0.25, 0.3) is 0 Å². The number of aromatic nitrogens is 1. The molecule has 0 saturated carbocycles. The van der Waals surface area contributed by atoms with Gasteiger partial charge in [-0.05, 0) is 37.5 Å². The van der Waals surface area contributed by atoms with Gasteiger partial charge in [0.1, 0.15) is 6.26 Å². The van der Waals surface area contributed by atoms with E-state index >= 15 is 0 Å². The smallest absolute Gasteiger partial charge is 0.257 e. The molecule has 4 rings (SSSR count). The van der Waals surface area contributed by atoms with Crippen molar-refractivity contribution < 1.29 is 18.7 Å². The molecule has 6 nitrogen and oxygen atoms in total. The number of carbonyl (C=O) groups is 1. The van der Waals surface area contributed by atoms with Crippen molar-refractivity contribution in [1.29, 1.82) is 0 Å². The highest BCUT2D eigenvalue weighted by atomic mass is 16.5. The van der Waals surface area contributed by atoms with Crippen molar-refractivity contribution in [3.63, 3.8) is 0 Å². The quantitative estimate of drug-likeness (QED) is 0.836. The minimum atomic E-state index is 0.0368. The van der Waals surface area contributed by atoms with E-state index in [-0.39, 0.29) is 24.2 Å². The highest BCUT2D eigenvalue weighted by molar-refractivity contribution is 5.94. The standard InChI is InChI=1S/C19H22N2O4/c22-19(14-7-10-23-11-14)21-9-6-18-17(21)5-4-16(25-18)13-24-12-15-3-1-2-8-20-15/h1-3,7-8,10-11,16-18H,4-6,9,12-13H2/t16-,17-,18-/m0/s1. The van der Waals surface area contributed by atoms with Gasteiger partial charge in [-0.2, -0.15) is 0 Å². The molecule has 2 aliphatic rings. The van der Waals surface area contributed by atoms with Crippen LogP contribution < -0.4 is 0 Å². The van der Waals surface area contributed by atoms with Crippen molar-refractivity contribution in [2.75, 3.05) is 13.2 Å². The zero-order chi connectivity index (χ0) is 17.1. The molecule has 2 aromatic heterocycles. The van der Waals surface area contributed by atoms with Gasteiger partial charge in [0.15, 0.2) is 0 Å². The molecule has 0 bridgehead atoms. The van der Waals surface area contributed by atoms with Gasteiger partial charge in [-0.15, -0.1) is 0 Å². The number of likely N-dealkylation sites (tertiary alicyclic amines) is 1. The second-order valence-electron chi connectivity index (χ2n) is 6.58. The highest BCUT2D eigenvalue weighted by Gasteiger charge is 2.42. The Bertz CT molecular complexity index is 689. The van der Waals surface area contributed by atoms with E-state index in [1.165, 1.54) is 12.5 Å². The Morgan fingerprint density at radius 2 is 2.24 bits per heavy atom. The lowest BCUT2D eigenvalue weighted by molar-refractivity contribution is -0.0990. The summed E-state index contributed by atoms with van der Waals surface area (Å²) in [6.07, 6.45) is 7.74. The molecule has 2 fully saturated rings. The fourth-order valence-electron chi connectivity index (χ4n) is 3.70. The van der Waals surface area contributed by atoms with Crippen molar-refractivity contribution in [2.24, 2.45) is 0 Å². The number of ether oxygens (including phenoxy) is 2. The van der Waals surface area contributed by atoms with Gasteiger partial charge >= 0.3 is 0 Å². The van der Waals surface area contributed by atoms with Crippen LogP contribution in [0.5, 0.6) is 0 Å². The van der Waals surface area contributed by atoms with Crippen molar-refractivity contribution in [2.45, 2.75) is 44.1 Å². The summed E-state index contributed by atoms with van der Waals surface area (Å²) in [6, 6.07) is 7.68. The molecule has 0 N–H and O–H groups in total. The molecule has 0 aliphatic carbocycles. The Morgan fingerprint density at radius 1 is 1.28 bits per heavy atom. The van der Waals surface area contributed by atoms with Gasteiger partial charge in [0, 0.05) is 12.7 Å². The van der Waals surface area contributed by atoms with Crippen LogP contribution in [0, 0.1) is 0 Å². The first-order chi connectivity index (χ1) is 12.3. The van der Waals surface area contributed by atoms with Crippen LogP contribution in [-0.2, 0) is 16.1 Å². The lowest BCUT2D eigenvalue weighted by Crippen LogP contribution is -2.45. The largest absolute Gasteiger partial charge is 0.472 e. The number of hydrogen-bond acceptors (Lipinski definition) is 5. The summed E-state index contributed by atoms with van der Waals surface area (Å²) in [5.41, 5.74) is 1.54. The molecule has 0 aromatic carbocycles. The van der Waals surface area contributed by atoms with Gasteiger partial charge < -0.3 is 18.8 Å². The maximum Gasteiger partial charge on any atom is 0.257 e. The molecule has 6 heteroatoms. The van der Waals surface area contributed by atoms with E-state index in [1.807, 2.05) is 23.1 Å². The molecular formula is C19H22N2O4. The number of fused-ring (bicyclic) bond motifs is 1. The summed E-state index contributed by atoms with van der Waals surface area (Å²) in [4.78, 5) is 18.7. The van der Waals surface area contributed by atoms with E-state index in [1.54, 1.807) is 12.3 Å². The Labute approximate surface area is 146 Å². The number of pyridine rings is 1. The lowest BCUT2D eigenvalue weighted by atomic mass is 9.99. The average molecular weight is 342 g/mol. The minimum absolute atomic E-state index is 0.0368. The molecule has 2 aromatic rings. The number of rotatable bonds is 5. The monoisotopic (exact) mass is 342 g/mol. The van der Waals surface area contributed by atoms with Crippen molar-refractivity contribution in [3.8, 4) is 0 Å². The number of nitrogens with zero attached hydrogens (tertiary/aromatic N) is 2. The molecule has 0 spiro atoms. The van der Waals surface area contributed by atoms with E-state index in [9.17, 15) is 4.79 Å². The predicted molar refractivity (Wildman–Crippen MR) is 89.9 cm³/mol. The zero-order valence-corrected chi connectivity index (χ0v) is 14.0. The van der Waals surface area contributed by atoms with Crippen molar-refractivity contribution in [1.82, 2.24) is 9.88 Å². The molecule has 25 heavy (non-hydrogen) atoms. The summed E-state index contributed by atoms with van der Waals surface area (Å²) >= 11 is 0. The fraction of sp³-hybridized carbons (Fsp3) is 0.474. The van der Waals surface area contributed by atoms with E-state index in [0.717, 1.165) is 31.5 Å². The molecule has 2 saturated heterocycles. The number of hydrogen-bond donors (Lipinski definition) is 0. The first kappa shape index (κ1) is 16.3. The average Bonchev–Trinajstić information content (AvgIpc) is 3.32. The Morgan fingerprint density at radius 3 is 3.04 bits per heavy atom. The second kappa shape index (κ2) is 7.37. The SMILES string of the molecule is O=C(c1ccoc1)N1CC[C@@H]2O[C@H](COCc3ccccn3)CC[C@@H]21. The Hall–Kier alpha value is -2.18. The number of carbonyl (C=O) groups excluding carboxylic acids is 1. The van der Waals surface area contributed by atoms with Crippen LogP contribution in [0.1, 0.15) is 35.3 Å². The lowest BCUT2D eigenvalue weighted by Gasteiger charge is -2.35. The third-order valence-corrected chi connectivity index (χ3v) is 4.94. The van der Waals surface area contributed by atoms with E-state index < -0.39 is 0 Å². The predicted octanol–water partition coefficient (Wildman–Crippen LogP) is 2.65. The first-order valence-corrected chi connectivity index (χ1v) is 8.77. The van der Waals surface area contributed by atoms with Crippen molar-refractivity contribution in [3.05, 3.63) is 54.2 Å². The molecule has 132 valence electrons. The molecule has 1 amide bonds. The first-order valence-electron chi connectivity index (χ1n) is 8.77. The van der Waals surface area contributed by atoms with Crippen LogP contribution in [0.4, 0.5) is 0 Å². The molecule has 2 aliphatic heterocycles. The molecule has 4 heterocycles. The minimum Gasteiger partial charge on any atom is -0.472 e. The van der Waals surface area contributed by atoms with Gasteiger partial charge in [0.25, 0.3) is 5.91 Å². The van der Waals surface area contributed by atoms with E-state index in [2.05, 4.69) is 4.98 Å². The third kappa shape index (κ3) is 3.60. The summed E-state index contributed by atoms with van der Waals surface area (Å²) in [5, 5.41) is 0. The van der Waals surface area contributed by atoms with Crippen LogP contribution in [0.3, 0.4) is 0 Å². The fourth-order valence-corrected chi connectivity index (χ4v) is 3.70. The Balaban J connectivity index is 1.27. The number of furan rings is 1. The zero-order valence-electron chi connectivity index (χ0n) is 14.0. The van der Waals surface area contributed by atoms with Crippen LogP contribution >= 0.6 is 0 Å². The summed E-state index contributed by atoms with van der Waals surface area (Å²) in [5.74, 6) is 0.0368. The molecule has 0 radical (unpaired) electrons. The maximum absolute atomic E-state index is 12.6. The topological polar surface area (TPSA) is 64.8 Å². The Kier molecular flexibility index (Phi) is 4.81. The number of amides is 1. The van der Waals surface area contributed by atoms with Crippen LogP contribution in [0.15, 0.2) is 47.4 Å². The second-order valence-corrected chi connectivity index (χ2v) is 6.58. The maximum atomic E-state index is 12.6. The van der Waals surface area contributed by atoms with E-state index in [4.69, 9.17) is 13.9 Å².